The van der Waals surface area contributed by atoms with Crippen molar-refractivity contribution in [3.05, 3.63) is 41.5 Å². The largest absolute Gasteiger partial charge is 0.435 e. The molecule has 0 heterocycles. The van der Waals surface area contributed by atoms with Gasteiger partial charge in [-0.3, -0.25) is 0 Å². The van der Waals surface area contributed by atoms with Crippen molar-refractivity contribution < 1.29 is 13.5 Å². The van der Waals surface area contributed by atoms with Gasteiger partial charge in [0.05, 0.1) is 23.9 Å². The Morgan fingerprint density at radius 2 is 1.73 bits per heavy atom. The minimum absolute atomic E-state index is 0.0320. The molecule has 0 saturated heterocycles. The van der Waals surface area contributed by atoms with Gasteiger partial charge in [0.25, 0.3) is 0 Å². The predicted octanol–water partition coefficient (Wildman–Crippen LogP) is 3.91. The minimum atomic E-state index is -2.95. The molecule has 0 aliphatic heterocycles. The van der Waals surface area contributed by atoms with Crippen LogP contribution < -0.4 is 4.74 Å². The van der Waals surface area contributed by atoms with Gasteiger partial charge in [0.1, 0.15) is 11.7 Å². The lowest BCUT2D eigenvalue weighted by Gasteiger charge is -2.36. The summed E-state index contributed by atoms with van der Waals surface area (Å²) in [5.41, 5.74) is -0.706. The summed E-state index contributed by atoms with van der Waals surface area (Å²) >= 11 is 0. The van der Waals surface area contributed by atoms with Gasteiger partial charge in [-0.05, 0) is 42.0 Å². The zero-order valence-electron chi connectivity index (χ0n) is 13.6. The van der Waals surface area contributed by atoms with Crippen LogP contribution in [0.15, 0.2) is 35.9 Å². The minimum Gasteiger partial charge on any atom is -0.435 e. The lowest BCUT2D eigenvalue weighted by atomic mass is 9.61. The second-order valence-corrected chi connectivity index (χ2v) is 6.37. The third kappa shape index (κ3) is 2.80. The van der Waals surface area contributed by atoms with E-state index in [1.165, 1.54) is 24.3 Å². The Kier molecular flexibility index (Phi) is 4.45. The molecule has 2 atom stereocenters. The Bertz CT molecular complexity index is 868. The number of nitriles is 3. The molecule has 0 amide bonds. The normalized spacial score (nSPS) is 24.2. The molecule has 2 aliphatic rings. The van der Waals surface area contributed by atoms with Crippen LogP contribution in [0.5, 0.6) is 5.75 Å². The van der Waals surface area contributed by atoms with Crippen LogP contribution in [0.4, 0.5) is 8.78 Å². The van der Waals surface area contributed by atoms with Crippen LogP contribution in [-0.4, -0.2) is 12.3 Å². The van der Waals surface area contributed by atoms with Gasteiger partial charge in [-0.25, -0.2) is 0 Å². The number of nitrogens with one attached hydrogen (secondary N) is 1. The number of benzene rings is 1. The Morgan fingerprint density at radius 1 is 1.12 bits per heavy atom. The van der Waals surface area contributed by atoms with Crippen LogP contribution in [-0.2, 0) is 0 Å². The topological polar surface area (TPSA) is 104 Å². The second-order valence-electron chi connectivity index (χ2n) is 6.37. The van der Waals surface area contributed by atoms with E-state index in [0.29, 0.717) is 5.56 Å². The summed E-state index contributed by atoms with van der Waals surface area (Å²) < 4.78 is 28.9. The maximum absolute atomic E-state index is 12.3. The fraction of sp³-hybridized carbons (Fsp3) is 0.368. The van der Waals surface area contributed by atoms with Crippen molar-refractivity contribution >= 4 is 5.71 Å². The molecule has 7 heteroatoms. The summed E-state index contributed by atoms with van der Waals surface area (Å²) in [6, 6.07) is 11.6. The van der Waals surface area contributed by atoms with E-state index < -0.39 is 23.9 Å². The van der Waals surface area contributed by atoms with E-state index >= 15 is 0 Å². The molecular formula is C19H14F2N4O. The van der Waals surface area contributed by atoms with E-state index in [1.54, 1.807) is 6.08 Å². The van der Waals surface area contributed by atoms with Crippen LogP contribution in [0, 0.1) is 56.7 Å². The van der Waals surface area contributed by atoms with Crippen molar-refractivity contribution in [2.45, 2.75) is 25.4 Å². The zero-order chi connectivity index (χ0) is 18.9. The average molecular weight is 352 g/mol. The zero-order valence-corrected chi connectivity index (χ0v) is 13.6. The number of alkyl halides is 2. The van der Waals surface area contributed by atoms with Gasteiger partial charge in [0, 0.05) is 5.92 Å². The van der Waals surface area contributed by atoms with Gasteiger partial charge in [-0.2, -0.15) is 24.6 Å². The molecule has 0 unspecified atom stereocenters. The number of hydrogen-bond acceptors (Lipinski definition) is 5. The first-order valence-corrected chi connectivity index (χ1v) is 8.04. The van der Waals surface area contributed by atoms with Crippen molar-refractivity contribution in [3.8, 4) is 24.0 Å². The van der Waals surface area contributed by atoms with Crippen molar-refractivity contribution in [2.75, 3.05) is 0 Å². The third-order valence-corrected chi connectivity index (χ3v) is 4.87. The van der Waals surface area contributed by atoms with Crippen molar-refractivity contribution in [2.24, 2.45) is 17.3 Å². The van der Waals surface area contributed by atoms with E-state index in [1.807, 2.05) is 12.1 Å². The lowest BCUT2D eigenvalue weighted by Crippen LogP contribution is -2.42. The van der Waals surface area contributed by atoms with E-state index in [9.17, 15) is 24.6 Å². The van der Waals surface area contributed by atoms with Gasteiger partial charge in [0.15, 0.2) is 5.41 Å². The highest BCUT2D eigenvalue weighted by Gasteiger charge is 2.52. The van der Waals surface area contributed by atoms with Crippen LogP contribution in [0.1, 0.15) is 24.3 Å². The monoisotopic (exact) mass is 352 g/mol. The molecule has 0 radical (unpaired) electrons. The summed E-state index contributed by atoms with van der Waals surface area (Å²) in [5.74, 6) is -1.46. The maximum Gasteiger partial charge on any atom is 0.387 e. The molecular weight excluding hydrogens is 338 g/mol. The second kappa shape index (κ2) is 6.58. The highest BCUT2D eigenvalue weighted by atomic mass is 19.3. The highest BCUT2D eigenvalue weighted by molar-refractivity contribution is 6.01. The molecule has 5 nitrogen and oxygen atoms in total. The molecule has 1 aromatic rings. The van der Waals surface area contributed by atoms with E-state index in [2.05, 4.69) is 10.8 Å². The van der Waals surface area contributed by atoms with Crippen molar-refractivity contribution in [3.63, 3.8) is 0 Å². The standard InChI is InChI=1S/C19H14F2N4O/c20-18(21)26-13-5-3-12(4-6-13)16-7-14(11-1-2-11)15(8-22)17(25)19(16,9-23)10-24/h3-7,11,15-16,18,25H,1-2H2/t15-,16-/m0/s1. The fourth-order valence-corrected chi connectivity index (χ4v) is 3.39. The summed E-state index contributed by atoms with van der Waals surface area (Å²) in [7, 11) is 0. The Hall–Kier alpha value is -3.24. The Morgan fingerprint density at radius 3 is 2.19 bits per heavy atom. The summed E-state index contributed by atoms with van der Waals surface area (Å²) in [6.07, 6.45) is 3.58. The quantitative estimate of drug-likeness (QED) is 0.829. The van der Waals surface area contributed by atoms with Gasteiger partial charge in [-0.15, -0.1) is 0 Å². The molecule has 2 aliphatic carbocycles. The van der Waals surface area contributed by atoms with Gasteiger partial charge in [-0.1, -0.05) is 18.2 Å². The number of allylic oxidation sites excluding steroid dienone is 2. The summed E-state index contributed by atoms with van der Waals surface area (Å²) in [6.45, 7) is -2.95. The molecule has 0 spiro atoms. The number of rotatable bonds is 4. The van der Waals surface area contributed by atoms with Crippen molar-refractivity contribution in [1.29, 1.82) is 21.2 Å². The van der Waals surface area contributed by atoms with E-state index in [0.717, 1.165) is 18.4 Å². The summed E-state index contributed by atoms with van der Waals surface area (Å²) in [4.78, 5) is 0. The van der Waals surface area contributed by atoms with E-state index in [4.69, 9.17) is 5.41 Å². The SMILES string of the molecule is N#C[C@@H]1C(=N)C(C#N)(C#N)[C@H](c2ccc(OC(F)F)cc2)C=C1C1CC1. The summed E-state index contributed by atoms with van der Waals surface area (Å²) in [5, 5.41) is 37.2. The first-order chi connectivity index (χ1) is 12.5. The third-order valence-electron chi connectivity index (χ3n) is 4.87. The van der Waals surface area contributed by atoms with Crippen LogP contribution >= 0.6 is 0 Å². The van der Waals surface area contributed by atoms with Crippen LogP contribution in [0.2, 0.25) is 0 Å². The van der Waals surface area contributed by atoms with Crippen molar-refractivity contribution in [1.82, 2.24) is 0 Å². The van der Waals surface area contributed by atoms with Gasteiger partial charge >= 0.3 is 6.61 Å². The molecule has 0 aromatic heterocycles. The average Bonchev–Trinajstić information content (AvgIpc) is 3.46. The highest BCUT2D eigenvalue weighted by Crippen LogP contribution is 2.51. The molecule has 1 saturated carbocycles. The molecule has 0 bridgehead atoms. The molecule has 1 fully saturated rings. The van der Waals surface area contributed by atoms with Crippen LogP contribution in [0.3, 0.4) is 0 Å². The Labute approximate surface area is 149 Å². The smallest absolute Gasteiger partial charge is 0.387 e. The molecule has 1 N–H and O–H groups in total. The number of ether oxygens (including phenoxy) is 1. The molecule has 26 heavy (non-hydrogen) atoms. The maximum atomic E-state index is 12.3. The number of halogens is 2. The number of nitrogens with zero attached hydrogens (tertiary/aromatic N) is 3. The van der Waals surface area contributed by atoms with E-state index in [-0.39, 0.29) is 17.4 Å². The fourth-order valence-electron chi connectivity index (χ4n) is 3.39. The first-order valence-electron chi connectivity index (χ1n) is 8.04. The van der Waals surface area contributed by atoms with Gasteiger partial charge < -0.3 is 10.1 Å². The molecule has 130 valence electrons. The Balaban J connectivity index is 2.08. The molecule has 3 rings (SSSR count). The lowest BCUT2D eigenvalue weighted by molar-refractivity contribution is -0.0498. The number of hydrogen-bond donors (Lipinski definition) is 1. The van der Waals surface area contributed by atoms with Crippen LogP contribution in [0.25, 0.3) is 0 Å². The first kappa shape index (κ1) is 17.6. The van der Waals surface area contributed by atoms with Gasteiger partial charge in [0.2, 0.25) is 0 Å². The predicted molar refractivity (Wildman–Crippen MR) is 87.1 cm³/mol. The molecule has 1 aromatic carbocycles.